The SMILES string of the molecule is O=C(CNS(=O)(=O)c1cc(Cl)ccc1Cl)N1CCN(c2ccccc2)CC1. The molecule has 1 aliphatic heterocycles. The van der Waals surface area contributed by atoms with Gasteiger partial charge >= 0.3 is 0 Å². The van der Waals surface area contributed by atoms with Crippen LogP contribution in [0.15, 0.2) is 53.4 Å². The van der Waals surface area contributed by atoms with Crippen LogP contribution in [0.3, 0.4) is 0 Å². The number of halogens is 2. The van der Waals surface area contributed by atoms with Crippen LogP contribution in [0.2, 0.25) is 10.0 Å². The summed E-state index contributed by atoms with van der Waals surface area (Å²) in [5, 5.41) is 0.305. The lowest BCUT2D eigenvalue weighted by molar-refractivity contribution is -0.130. The molecular weight excluding hydrogens is 409 g/mol. The smallest absolute Gasteiger partial charge is 0.242 e. The summed E-state index contributed by atoms with van der Waals surface area (Å²) < 4.78 is 27.1. The predicted molar refractivity (Wildman–Crippen MR) is 107 cm³/mol. The van der Waals surface area contributed by atoms with Crippen LogP contribution in [0.1, 0.15) is 0 Å². The van der Waals surface area contributed by atoms with Gasteiger partial charge in [-0.15, -0.1) is 0 Å². The molecule has 6 nitrogen and oxygen atoms in total. The molecular formula is C18H19Cl2N3O3S. The first-order chi connectivity index (χ1) is 12.9. The Hall–Kier alpha value is -1.80. The van der Waals surface area contributed by atoms with Crippen molar-refractivity contribution in [3.8, 4) is 0 Å². The zero-order valence-electron chi connectivity index (χ0n) is 14.4. The van der Waals surface area contributed by atoms with Gasteiger partial charge in [-0.1, -0.05) is 41.4 Å². The number of piperazine rings is 1. The van der Waals surface area contributed by atoms with E-state index in [1.807, 2.05) is 30.3 Å². The third-order valence-electron chi connectivity index (χ3n) is 4.35. The highest BCUT2D eigenvalue weighted by Crippen LogP contribution is 2.24. The monoisotopic (exact) mass is 427 g/mol. The number of carbonyl (C=O) groups excluding carboxylic acids is 1. The van der Waals surface area contributed by atoms with Gasteiger partial charge in [0.1, 0.15) is 4.90 Å². The summed E-state index contributed by atoms with van der Waals surface area (Å²) in [5.41, 5.74) is 1.11. The minimum absolute atomic E-state index is 0.0517. The van der Waals surface area contributed by atoms with Crippen LogP contribution in [0.25, 0.3) is 0 Å². The van der Waals surface area contributed by atoms with Crippen molar-refractivity contribution in [2.75, 3.05) is 37.6 Å². The van der Waals surface area contributed by atoms with Crippen molar-refractivity contribution in [1.82, 2.24) is 9.62 Å². The molecule has 2 aromatic carbocycles. The molecule has 0 saturated carbocycles. The van der Waals surface area contributed by atoms with E-state index in [-0.39, 0.29) is 27.4 Å². The van der Waals surface area contributed by atoms with Crippen LogP contribution in [0, 0.1) is 0 Å². The maximum absolute atomic E-state index is 12.4. The third-order valence-corrected chi connectivity index (χ3v) is 6.47. The van der Waals surface area contributed by atoms with Crippen molar-refractivity contribution in [2.45, 2.75) is 4.90 Å². The first-order valence-electron chi connectivity index (χ1n) is 8.39. The van der Waals surface area contributed by atoms with Crippen LogP contribution in [0.5, 0.6) is 0 Å². The van der Waals surface area contributed by atoms with Crippen LogP contribution < -0.4 is 9.62 Å². The Morgan fingerprint density at radius 2 is 1.67 bits per heavy atom. The van der Waals surface area contributed by atoms with E-state index in [1.165, 1.54) is 18.2 Å². The minimum atomic E-state index is -3.93. The quantitative estimate of drug-likeness (QED) is 0.795. The van der Waals surface area contributed by atoms with Crippen LogP contribution in [-0.4, -0.2) is 51.9 Å². The van der Waals surface area contributed by atoms with Crippen LogP contribution in [-0.2, 0) is 14.8 Å². The number of nitrogens with one attached hydrogen (secondary N) is 1. The maximum atomic E-state index is 12.4. The summed E-state index contributed by atoms with van der Waals surface area (Å²) in [6.45, 7) is 2.14. The van der Waals surface area contributed by atoms with E-state index >= 15 is 0 Å². The first-order valence-corrected chi connectivity index (χ1v) is 10.6. The number of para-hydroxylation sites is 1. The number of anilines is 1. The van der Waals surface area contributed by atoms with Crippen molar-refractivity contribution in [1.29, 1.82) is 0 Å². The molecule has 1 saturated heterocycles. The molecule has 0 spiro atoms. The summed E-state index contributed by atoms with van der Waals surface area (Å²) in [6, 6.07) is 14.1. The highest BCUT2D eigenvalue weighted by atomic mass is 35.5. The van der Waals surface area contributed by atoms with Gasteiger partial charge in [-0.25, -0.2) is 13.1 Å². The van der Waals surface area contributed by atoms with Gasteiger partial charge < -0.3 is 9.80 Å². The second-order valence-electron chi connectivity index (χ2n) is 6.10. The van der Waals surface area contributed by atoms with E-state index in [9.17, 15) is 13.2 Å². The summed E-state index contributed by atoms with van der Waals surface area (Å²) in [4.78, 5) is 16.1. The average molecular weight is 428 g/mol. The molecule has 1 fully saturated rings. The van der Waals surface area contributed by atoms with E-state index in [4.69, 9.17) is 23.2 Å². The number of benzene rings is 2. The molecule has 0 radical (unpaired) electrons. The van der Waals surface area contributed by atoms with E-state index < -0.39 is 10.0 Å². The Morgan fingerprint density at radius 3 is 2.33 bits per heavy atom. The summed E-state index contributed by atoms with van der Waals surface area (Å²) >= 11 is 11.8. The fourth-order valence-corrected chi connectivity index (χ4v) is 4.62. The Labute approximate surface area is 168 Å². The largest absolute Gasteiger partial charge is 0.368 e. The van der Waals surface area contributed by atoms with Crippen molar-refractivity contribution in [2.24, 2.45) is 0 Å². The zero-order chi connectivity index (χ0) is 19.4. The second-order valence-corrected chi connectivity index (χ2v) is 8.68. The van der Waals surface area contributed by atoms with Gasteiger partial charge in [0, 0.05) is 36.9 Å². The average Bonchev–Trinajstić information content (AvgIpc) is 2.69. The fraction of sp³-hybridized carbons (Fsp3) is 0.278. The number of hydrogen-bond donors (Lipinski definition) is 1. The highest BCUT2D eigenvalue weighted by molar-refractivity contribution is 7.89. The van der Waals surface area contributed by atoms with Gasteiger partial charge in [-0.2, -0.15) is 0 Å². The Kier molecular flexibility index (Phi) is 6.26. The van der Waals surface area contributed by atoms with Gasteiger partial charge in [0.25, 0.3) is 0 Å². The molecule has 0 aliphatic carbocycles. The van der Waals surface area contributed by atoms with Gasteiger partial charge in [-0.3, -0.25) is 4.79 Å². The van der Waals surface area contributed by atoms with Gasteiger partial charge in [0.15, 0.2) is 0 Å². The Morgan fingerprint density at radius 1 is 1.00 bits per heavy atom. The lowest BCUT2D eigenvalue weighted by Gasteiger charge is -2.36. The van der Waals surface area contributed by atoms with E-state index in [2.05, 4.69) is 9.62 Å². The molecule has 2 aromatic rings. The first kappa shape index (κ1) is 19.9. The molecule has 27 heavy (non-hydrogen) atoms. The summed E-state index contributed by atoms with van der Waals surface area (Å²) in [6.07, 6.45) is 0. The molecule has 1 N–H and O–H groups in total. The molecule has 144 valence electrons. The lowest BCUT2D eigenvalue weighted by Crippen LogP contribution is -2.51. The number of amides is 1. The van der Waals surface area contributed by atoms with Crippen LogP contribution in [0.4, 0.5) is 5.69 Å². The van der Waals surface area contributed by atoms with Crippen molar-refractivity contribution >= 4 is 44.8 Å². The molecule has 1 heterocycles. The molecule has 0 atom stereocenters. The maximum Gasteiger partial charge on any atom is 0.242 e. The number of nitrogens with zero attached hydrogens (tertiary/aromatic N) is 2. The van der Waals surface area contributed by atoms with E-state index in [0.717, 1.165) is 5.69 Å². The predicted octanol–water partition coefficient (Wildman–Crippen LogP) is 2.62. The number of rotatable bonds is 5. The summed E-state index contributed by atoms with van der Waals surface area (Å²) in [7, 11) is -3.93. The van der Waals surface area contributed by atoms with Gasteiger partial charge in [0.05, 0.1) is 11.6 Å². The van der Waals surface area contributed by atoms with E-state index in [0.29, 0.717) is 26.2 Å². The lowest BCUT2D eigenvalue weighted by atomic mass is 10.2. The highest BCUT2D eigenvalue weighted by Gasteiger charge is 2.24. The molecule has 1 amide bonds. The number of carbonyl (C=O) groups is 1. The second kappa shape index (κ2) is 8.48. The Balaban J connectivity index is 1.56. The molecule has 0 bridgehead atoms. The van der Waals surface area contributed by atoms with Gasteiger partial charge in [-0.05, 0) is 30.3 Å². The molecule has 3 rings (SSSR count). The number of hydrogen-bond acceptors (Lipinski definition) is 4. The molecule has 0 unspecified atom stereocenters. The third kappa shape index (κ3) is 4.93. The zero-order valence-corrected chi connectivity index (χ0v) is 16.8. The van der Waals surface area contributed by atoms with Crippen molar-refractivity contribution in [3.05, 3.63) is 58.6 Å². The van der Waals surface area contributed by atoms with Gasteiger partial charge in [0.2, 0.25) is 15.9 Å². The van der Waals surface area contributed by atoms with Crippen molar-refractivity contribution in [3.63, 3.8) is 0 Å². The normalized spacial score (nSPS) is 15.0. The molecule has 1 aliphatic rings. The topological polar surface area (TPSA) is 69.7 Å². The van der Waals surface area contributed by atoms with E-state index in [1.54, 1.807) is 4.90 Å². The minimum Gasteiger partial charge on any atom is -0.368 e. The molecule has 9 heteroatoms. The number of sulfonamides is 1. The fourth-order valence-electron chi connectivity index (χ4n) is 2.88. The molecule has 0 aromatic heterocycles. The standard InChI is InChI=1S/C18H19Cl2N3O3S/c19-14-6-7-16(20)17(12-14)27(25,26)21-13-18(24)23-10-8-22(9-11-23)15-4-2-1-3-5-15/h1-7,12,21H,8-11,13H2. The van der Waals surface area contributed by atoms with Crippen LogP contribution >= 0.6 is 23.2 Å². The summed E-state index contributed by atoms with van der Waals surface area (Å²) in [5.74, 6) is -0.274. The van der Waals surface area contributed by atoms with Crippen molar-refractivity contribution < 1.29 is 13.2 Å². The Bertz CT molecular complexity index is 915.